The summed E-state index contributed by atoms with van der Waals surface area (Å²) in [4.78, 5) is 13.1. The standard InChI is InChI=1S/C13H11NOS.ClH/c15-13(16)14(11-7-3-1-4-8-11)12-9-5-2-6-10-12;/h1-10H,(H,15,16);1H. The fourth-order valence-electron chi connectivity index (χ4n) is 1.52. The van der Waals surface area contributed by atoms with Crippen LogP contribution in [-0.2, 0) is 0 Å². The van der Waals surface area contributed by atoms with Gasteiger partial charge in [0, 0.05) is 11.4 Å². The number of benzene rings is 2. The van der Waals surface area contributed by atoms with Gasteiger partial charge >= 0.3 is 0 Å². The number of thiol groups is 1. The summed E-state index contributed by atoms with van der Waals surface area (Å²) in [5.74, 6) is 0. The topological polar surface area (TPSA) is 20.3 Å². The molecule has 0 atom stereocenters. The van der Waals surface area contributed by atoms with E-state index in [1.807, 2.05) is 60.7 Å². The Balaban J connectivity index is 0.00000144. The summed E-state index contributed by atoms with van der Waals surface area (Å²) >= 11 is 3.90. The highest BCUT2D eigenvalue weighted by molar-refractivity contribution is 7.97. The molecule has 0 N–H and O–H groups in total. The van der Waals surface area contributed by atoms with Gasteiger partial charge in [-0.15, -0.1) is 12.4 Å². The number of para-hydroxylation sites is 2. The van der Waals surface area contributed by atoms with Gasteiger partial charge in [0.1, 0.15) is 0 Å². The molecule has 0 aliphatic carbocycles. The molecule has 2 aromatic carbocycles. The van der Waals surface area contributed by atoms with Gasteiger partial charge in [-0.1, -0.05) is 49.0 Å². The number of hydrogen-bond donors (Lipinski definition) is 1. The van der Waals surface area contributed by atoms with E-state index in [9.17, 15) is 4.79 Å². The van der Waals surface area contributed by atoms with Crippen molar-refractivity contribution in [3.8, 4) is 0 Å². The van der Waals surface area contributed by atoms with Crippen LogP contribution in [-0.4, -0.2) is 5.24 Å². The maximum Gasteiger partial charge on any atom is 0.287 e. The highest BCUT2D eigenvalue weighted by Crippen LogP contribution is 2.25. The first-order valence-corrected chi connectivity index (χ1v) is 5.37. The van der Waals surface area contributed by atoms with Crippen LogP contribution in [0.3, 0.4) is 0 Å². The zero-order chi connectivity index (χ0) is 11.4. The van der Waals surface area contributed by atoms with E-state index in [0.29, 0.717) is 0 Å². The van der Waals surface area contributed by atoms with Gasteiger partial charge in [-0.05, 0) is 24.3 Å². The van der Waals surface area contributed by atoms with Crippen molar-refractivity contribution in [2.45, 2.75) is 0 Å². The molecule has 0 radical (unpaired) electrons. The average Bonchev–Trinajstić information content (AvgIpc) is 2.31. The van der Waals surface area contributed by atoms with E-state index in [4.69, 9.17) is 0 Å². The molecular formula is C13H12ClNOS. The van der Waals surface area contributed by atoms with Crippen LogP contribution in [0.2, 0.25) is 0 Å². The van der Waals surface area contributed by atoms with E-state index in [-0.39, 0.29) is 17.6 Å². The number of hydrogen-bond acceptors (Lipinski definition) is 1. The Hall–Kier alpha value is -1.45. The number of nitrogens with zero attached hydrogens (tertiary/aromatic N) is 1. The number of halogens is 1. The maximum atomic E-state index is 11.5. The van der Waals surface area contributed by atoms with Crippen molar-refractivity contribution in [3.63, 3.8) is 0 Å². The zero-order valence-corrected chi connectivity index (χ0v) is 10.7. The van der Waals surface area contributed by atoms with Gasteiger partial charge < -0.3 is 0 Å². The van der Waals surface area contributed by atoms with Gasteiger partial charge in [0.25, 0.3) is 5.24 Å². The number of carbonyl (C=O) groups is 1. The van der Waals surface area contributed by atoms with Gasteiger partial charge in [-0.2, -0.15) is 0 Å². The van der Waals surface area contributed by atoms with Gasteiger partial charge in [-0.25, -0.2) is 0 Å². The lowest BCUT2D eigenvalue weighted by atomic mass is 10.2. The number of amides is 1. The molecule has 0 heterocycles. The Kier molecular flexibility index (Phi) is 5.07. The molecule has 0 spiro atoms. The van der Waals surface area contributed by atoms with Crippen LogP contribution >= 0.6 is 25.0 Å². The van der Waals surface area contributed by atoms with E-state index in [2.05, 4.69) is 12.6 Å². The molecule has 0 unspecified atom stereocenters. The molecule has 17 heavy (non-hydrogen) atoms. The van der Waals surface area contributed by atoms with E-state index >= 15 is 0 Å². The van der Waals surface area contributed by atoms with Gasteiger partial charge in [0.2, 0.25) is 0 Å². The summed E-state index contributed by atoms with van der Waals surface area (Å²) in [5.41, 5.74) is 1.63. The minimum atomic E-state index is -0.294. The quantitative estimate of drug-likeness (QED) is 0.803. The molecule has 2 rings (SSSR count). The largest absolute Gasteiger partial charge is 0.287 e. The summed E-state index contributed by atoms with van der Waals surface area (Å²) in [6, 6.07) is 18.9. The fraction of sp³-hybridized carbons (Fsp3) is 0. The molecule has 0 saturated heterocycles. The van der Waals surface area contributed by atoms with Gasteiger partial charge in [0.15, 0.2) is 0 Å². The Bertz CT molecular complexity index is 436. The van der Waals surface area contributed by atoms with Crippen molar-refractivity contribution in [2.75, 3.05) is 4.90 Å². The van der Waals surface area contributed by atoms with Crippen LogP contribution in [0.25, 0.3) is 0 Å². The molecule has 0 aliphatic rings. The molecule has 0 saturated carbocycles. The number of carbonyl (C=O) groups excluding carboxylic acids is 1. The summed E-state index contributed by atoms with van der Waals surface area (Å²) in [5, 5.41) is -0.294. The first kappa shape index (κ1) is 13.6. The third-order valence-corrected chi connectivity index (χ3v) is 2.42. The molecule has 4 heteroatoms. The Morgan fingerprint density at radius 2 is 1.18 bits per heavy atom. The molecule has 0 bridgehead atoms. The van der Waals surface area contributed by atoms with Crippen LogP contribution in [0.5, 0.6) is 0 Å². The van der Waals surface area contributed by atoms with Crippen molar-refractivity contribution in [3.05, 3.63) is 60.7 Å². The van der Waals surface area contributed by atoms with Crippen LogP contribution < -0.4 is 4.90 Å². The normalized spacial score (nSPS) is 9.24. The second-order valence-electron chi connectivity index (χ2n) is 3.29. The SMILES string of the molecule is Cl.O=C(S)N(c1ccccc1)c1ccccc1. The second kappa shape index (κ2) is 6.33. The molecule has 88 valence electrons. The Morgan fingerprint density at radius 3 is 1.47 bits per heavy atom. The van der Waals surface area contributed by atoms with E-state index in [0.717, 1.165) is 11.4 Å². The van der Waals surface area contributed by atoms with E-state index in [1.54, 1.807) is 4.90 Å². The summed E-state index contributed by atoms with van der Waals surface area (Å²) in [6.45, 7) is 0. The minimum absolute atomic E-state index is 0. The van der Waals surface area contributed by atoms with Crippen LogP contribution in [0.15, 0.2) is 60.7 Å². The average molecular weight is 266 g/mol. The van der Waals surface area contributed by atoms with E-state index in [1.165, 1.54) is 0 Å². The summed E-state index contributed by atoms with van der Waals surface area (Å²) < 4.78 is 0. The van der Waals surface area contributed by atoms with Crippen molar-refractivity contribution in [1.82, 2.24) is 0 Å². The molecular weight excluding hydrogens is 254 g/mol. The number of anilines is 2. The molecule has 0 fully saturated rings. The summed E-state index contributed by atoms with van der Waals surface area (Å²) in [7, 11) is 0. The Morgan fingerprint density at radius 1 is 0.824 bits per heavy atom. The van der Waals surface area contributed by atoms with Crippen LogP contribution in [0, 0.1) is 0 Å². The zero-order valence-electron chi connectivity index (χ0n) is 8.98. The highest BCUT2D eigenvalue weighted by Gasteiger charge is 2.13. The fourth-order valence-corrected chi connectivity index (χ4v) is 1.76. The Labute approximate surface area is 112 Å². The summed E-state index contributed by atoms with van der Waals surface area (Å²) in [6.07, 6.45) is 0. The third kappa shape index (κ3) is 3.25. The third-order valence-electron chi connectivity index (χ3n) is 2.22. The molecule has 0 aliphatic heterocycles. The molecule has 2 aromatic rings. The molecule has 1 amide bonds. The molecule has 0 aromatic heterocycles. The monoisotopic (exact) mass is 265 g/mol. The lowest BCUT2D eigenvalue weighted by Gasteiger charge is -2.20. The van der Waals surface area contributed by atoms with E-state index < -0.39 is 0 Å². The van der Waals surface area contributed by atoms with Gasteiger partial charge in [-0.3, -0.25) is 9.69 Å². The second-order valence-corrected chi connectivity index (χ2v) is 3.67. The van der Waals surface area contributed by atoms with Crippen LogP contribution in [0.4, 0.5) is 16.2 Å². The highest BCUT2D eigenvalue weighted by atomic mass is 35.5. The van der Waals surface area contributed by atoms with Crippen molar-refractivity contribution < 1.29 is 4.79 Å². The van der Waals surface area contributed by atoms with Crippen LogP contribution in [0.1, 0.15) is 0 Å². The molecule has 2 nitrogen and oxygen atoms in total. The van der Waals surface area contributed by atoms with Crippen molar-refractivity contribution in [1.29, 1.82) is 0 Å². The van der Waals surface area contributed by atoms with Crippen molar-refractivity contribution >= 4 is 41.6 Å². The minimum Gasteiger partial charge on any atom is -0.272 e. The predicted molar refractivity (Wildman–Crippen MR) is 76.7 cm³/mol. The smallest absolute Gasteiger partial charge is 0.272 e. The lowest BCUT2D eigenvalue weighted by molar-refractivity contribution is 0.267. The maximum absolute atomic E-state index is 11.5. The first-order valence-electron chi connectivity index (χ1n) is 4.92. The first-order chi connectivity index (χ1) is 7.79. The lowest BCUT2D eigenvalue weighted by Crippen LogP contribution is -2.19. The predicted octanol–water partition coefficient (Wildman–Crippen LogP) is 4.30. The van der Waals surface area contributed by atoms with Gasteiger partial charge in [0.05, 0.1) is 0 Å². The number of rotatable bonds is 2. The van der Waals surface area contributed by atoms with Crippen molar-refractivity contribution in [2.24, 2.45) is 0 Å².